The summed E-state index contributed by atoms with van der Waals surface area (Å²) in [5.74, 6) is -0.198. The molecule has 2 rings (SSSR count). The summed E-state index contributed by atoms with van der Waals surface area (Å²) in [7, 11) is 0. The van der Waals surface area contributed by atoms with Crippen molar-refractivity contribution >= 4 is 28.5 Å². The fourth-order valence-electron chi connectivity index (χ4n) is 1.77. The molecule has 3 nitrogen and oxygen atoms in total. The van der Waals surface area contributed by atoms with Crippen LogP contribution in [0.25, 0.3) is 0 Å². The zero-order chi connectivity index (χ0) is 15.2. The largest absolute Gasteiger partial charge is 0.434 e. The van der Waals surface area contributed by atoms with Gasteiger partial charge in [-0.2, -0.15) is 8.78 Å². The van der Waals surface area contributed by atoms with Crippen molar-refractivity contribution in [3.63, 3.8) is 0 Å². The molecule has 0 radical (unpaired) electrons. The second-order valence-corrected chi connectivity index (χ2v) is 5.42. The number of hydrogen-bond donors (Lipinski definition) is 1. The van der Waals surface area contributed by atoms with Crippen LogP contribution in [-0.2, 0) is 6.54 Å². The summed E-state index contributed by atoms with van der Waals surface area (Å²) in [6, 6.07) is 13.5. The van der Waals surface area contributed by atoms with E-state index in [2.05, 4.69) is 32.6 Å². The first-order valence-corrected chi connectivity index (χ1v) is 7.20. The Morgan fingerprint density at radius 2 is 1.95 bits per heavy atom. The number of para-hydroxylation sites is 1. The second kappa shape index (κ2) is 7.35. The van der Waals surface area contributed by atoms with Crippen molar-refractivity contribution < 1.29 is 18.3 Å². The second-order valence-electron chi connectivity index (χ2n) is 4.18. The van der Waals surface area contributed by atoms with Crippen LogP contribution in [0.5, 0.6) is 5.75 Å². The van der Waals surface area contributed by atoms with Gasteiger partial charge in [0.15, 0.2) is 0 Å². The Kier molecular flexibility index (Phi) is 5.49. The maximum absolute atomic E-state index is 12.3. The van der Waals surface area contributed by atoms with Gasteiger partial charge in [0, 0.05) is 21.2 Å². The quantitative estimate of drug-likeness (QED) is 0.772. The lowest BCUT2D eigenvalue weighted by atomic mass is 10.2. The first-order valence-electron chi connectivity index (χ1n) is 6.13. The summed E-state index contributed by atoms with van der Waals surface area (Å²) in [6.07, 6.45) is 0. The van der Waals surface area contributed by atoms with Gasteiger partial charge in [-0.05, 0) is 46.9 Å². The zero-order valence-electron chi connectivity index (χ0n) is 10.9. The van der Waals surface area contributed by atoms with Crippen molar-refractivity contribution in [2.45, 2.75) is 13.2 Å². The average molecular weight is 403 g/mol. The molecular weight excluding hydrogens is 391 g/mol. The van der Waals surface area contributed by atoms with E-state index in [4.69, 9.17) is 0 Å². The summed E-state index contributed by atoms with van der Waals surface area (Å²) in [5.41, 5.74) is 1.02. The molecule has 0 spiro atoms. The van der Waals surface area contributed by atoms with Crippen LogP contribution in [0, 0.1) is 3.57 Å². The van der Waals surface area contributed by atoms with E-state index in [-0.39, 0.29) is 18.2 Å². The number of carbonyl (C=O) groups excluding carboxylic acids is 1. The molecule has 0 bridgehead atoms. The Bertz CT molecular complexity index is 635. The van der Waals surface area contributed by atoms with Crippen LogP contribution in [0.15, 0.2) is 48.5 Å². The summed E-state index contributed by atoms with van der Waals surface area (Å²) in [6.45, 7) is -2.77. The maximum Gasteiger partial charge on any atom is 0.387 e. The normalized spacial score (nSPS) is 10.5. The Labute approximate surface area is 134 Å². The van der Waals surface area contributed by atoms with Gasteiger partial charge in [-0.1, -0.05) is 24.3 Å². The van der Waals surface area contributed by atoms with Crippen LogP contribution >= 0.6 is 22.6 Å². The third-order valence-electron chi connectivity index (χ3n) is 2.71. The smallest absolute Gasteiger partial charge is 0.387 e. The van der Waals surface area contributed by atoms with Crippen LogP contribution in [0.1, 0.15) is 15.9 Å². The van der Waals surface area contributed by atoms with Gasteiger partial charge in [-0.25, -0.2) is 0 Å². The van der Waals surface area contributed by atoms with Gasteiger partial charge in [0.25, 0.3) is 5.91 Å². The average Bonchev–Trinajstić information content (AvgIpc) is 2.45. The van der Waals surface area contributed by atoms with E-state index >= 15 is 0 Å². The molecule has 1 amide bonds. The SMILES string of the molecule is O=C(NCc1ccccc1OC(F)F)c1cccc(I)c1. The molecule has 0 fully saturated rings. The lowest BCUT2D eigenvalue weighted by Crippen LogP contribution is -2.23. The third kappa shape index (κ3) is 4.66. The number of halogens is 3. The molecule has 0 aliphatic carbocycles. The van der Waals surface area contributed by atoms with Crippen LogP contribution in [-0.4, -0.2) is 12.5 Å². The summed E-state index contributed by atoms with van der Waals surface area (Å²) >= 11 is 2.11. The highest BCUT2D eigenvalue weighted by molar-refractivity contribution is 14.1. The third-order valence-corrected chi connectivity index (χ3v) is 3.39. The van der Waals surface area contributed by atoms with E-state index in [1.807, 2.05) is 6.07 Å². The molecular formula is C15H12F2INO2. The molecule has 110 valence electrons. The Morgan fingerprint density at radius 3 is 2.67 bits per heavy atom. The molecule has 0 aliphatic heterocycles. The zero-order valence-corrected chi connectivity index (χ0v) is 13.0. The van der Waals surface area contributed by atoms with Crippen molar-refractivity contribution in [2.24, 2.45) is 0 Å². The number of carbonyl (C=O) groups is 1. The van der Waals surface area contributed by atoms with Gasteiger partial charge in [-0.15, -0.1) is 0 Å². The number of hydrogen-bond acceptors (Lipinski definition) is 2. The molecule has 21 heavy (non-hydrogen) atoms. The molecule has 0 saturated carbocycles. The van der Waals surface area contributed by atoms with E-state index in [1.165, 1.54) is 6.07 Å². The minimum Gasteiger partial charge on any atom is -0.434 e. The minimum absolute atomic E-state index is 0.0652. The van der Waals surface area contributed by atoms with Crippen molar-refractivity contribution in [2.75, 3.05) is 0 Å². The molecule has 2 aromatic carbocycles. The summed E-state index contributed by atoms with van der Waals surface area (Å²) in [4.78, 5) is 12.0. The monoisotopic (exact) mass is 403 g/mol. The molecule has 0 atom stereocenters. The molecule has 0 heterocycles. The Morgan fingerprint density at radius 1 is 1.19 bits per heavy atom. The lowest BCUT2D eigenvalue weighted by Gasteiger charge is -2.11. The maximum atomic E-state index is 12.3. The minimum atomic E-state index is -2.89. The predicted molar refractivity (Wildman–Crippen MR) is 83.4 cm³/mol. The fourth-order valence-corrected chi connectivity index (χ4v) is 2.31. The fraction of sp³-hybridized carbons (Fsp3) is 0.133. The van der Waals surface area contributed by atoms with Crippen molar-refractivity contribution in [3.05, 3.63) is 63.2 Å². The van der Waals surface area contributed by atoms with Gasteiger partial charge in [-0.3, -0.25) is 4.79 Å². The highest BCUT2D eigenvalue weighted by atomic mass is 127. The first-order chi connectivity index (χ1) is 10.1. The van der Waals surface area contributed by atoms with Crippen LogP contribution in [0.3, 0.4) is 0 Å². The molecule has 0 saturated heterocycles. The molecule has 2 aromatic rings. The summed E-state index contributed by atoms with van der Waals surface area (Å²) < 4.78 is 30.0. The van der Waals surface area contributed by atoms with E-state index in [9.17, 15) is 13.6 Å². The number of nitrogens with one attached hydrogen (secondary N) is 1. The van der Waals surface area contributed by atoms with E-state index in [0.717, 1.165) is 3.57 Å². The molecule has 0 aliphatic rings. The van der Waals surface area contributed by atoms with Gasteiger partial charge in [0.2, 0.25) is 0 Å². The predicted octanol–water partition coefficient (Wildman–Crippen LogP) is 3.82. The van der Waals surface area contributed by atoms with Crippen molar-refractivity contribution in [1.29, 1.82) is 0 Å². The first kappa shape index (κ1) is 15.7. The molecule has 1 N–H and O–H groups in total. The standard InChI is InChI=1S/C15H12F2INO2/c16-15(17)21-13-7-2-1-4-11(13)9-19-14(20)10-5-3-6-12(18)8-10/h1-8,15H,9H2,(H,19,20). The number of benzene rings is 2. The van der Waals surface area contributed by atoms with E-state index in [0.29, 0.717) is 11.1 Å². The van der Waals surface area contributed by atoms with Gasteiger partial charge >= 0.3 is 6.61 Å². The van der Waals surface area contributed by atoms with Crippen molar-refractivity contribution in [3.8, 4) is 5.75 Å². The molecule has 6 heteroatoms. The number of ether oxygens (including phenoxy) is 1. The molecule has 0 aromatic heterocycles. The van der Waals surface area contributed by atoms with Crippen molar-refractivity contribution in [1.82, 2.24) is 5.32 Å². The van der Waals surface area contributed by atoms with E-state index in [1.54, 1.807) is 36.4 Å². The topological polar surface area (TPSA) is 38.3 Å². The number of amides is 1. The highest BCUT2D eigenvalue weighted by Gasteiger charge is 2.11. The van der Waals surface area contributed by atoms with Crippen LogP contribution < -0.4 is 10.1 Å². The lowest BCUT2D eigenvalue weighted by molar-refractivity contribution is -0.0504. The van der Waals surface area contributed by atoms with Gasteiger partial charge in [0.1, 0.15) is 5.75 Å². The van der Waals surface area contributed by atoms with Gasteiger partial charge < -0.3 is 10.1 Å². The summed E-state index contributed by atoms with van der Waals surface area (Å²) in [5, 5.41) is 2.69. The Hall–Kier alpha value is -1.70. The highest BCUT2D eigenvalue weighted by Crippen LogP contribution is 2.20. The Balaban J connectivity index is 2.04. The van der Waals surface area contributed by atoms with Crippen LogP contribution in [0.4, 0.5) is 8.78 Å². The van der Waals surface area contributed by atoms with Gasteiger partial charge in [0.05, 0.1) is 0 Å². The van der Waals surface area contributed by atoms with Crippen LogP contribution in [0.2, 0.25) is 0 Å². The number of alkyl halides is 2. The number of rotatable bonds is 5. The van der Waals surface area contributed by atoms with E-state index < -0.39 is 6.61 Å². The molecule has 0 unspecified atom stereocenters.